The Morgan fingerprint density at radius 1 is 1.29 bits per heavy atom. The molecule has 2 aliphatic rings. The molecule has 0 aromatic rings. The molecule has 2 rings (SSSR count). The van der Waals surface area contributed by atoms with Crippen molar-refractivity contribution in [3.8, 4) is 12.1 Å². The highest BCUT2D eigenvalue weighted by Crippen LogP contribution is 2.50. The minimum Gasteiger partial charge on any atom is -0.442 e. The molecule has 0 saturated heterocycles. The van der Waals surface area contributed by atoms with E-state index in [9.17, 15) is 10.5 Å². The van der Waals surface area contributed by atoms with Crippen molar-refractivity contribution in [3.05, 3.63) is 22.6 Å². The van der Waals surface area contributed by atoms with Crippen molar-refractivity contribution in [3.63, 3.8) is 0 Å². The Bertz CT molecular complexity index is 598. The van der Waals surface area contributed by atoms with Crippen molar-refractivity contribution in [2.24, 2.45) is 17.1 Å². The Labute approximate surface area is 125 Å². The van der Waals surface area contributed by atoms with Gasteiger partial charge in [0.05, 0.1) is 5.57 Å². The zero-order valence-corrected chi connectivity index (χ0v) is 13.0. The van der Waals surface area contributed by atoms with Crippen LogP contribution in [0, 0.1) is 34.0 Å². The molecule has 1 aliphatic heterocycles. The van der Waals surface area contributed by atoms with Crippen LogP contribution in [0.15, 0.2) is 22.6 Å². The summed E-state index contributed by atoms with van der Waals surface area (Å²) >= 11 is 0. The molecule has 0 aromatic heterocycles. The Kier molecular flexibility index (Phi) is 3.74. The van der Waals surface area contributed by atoms with Crippen molar-refractivity contribution < 1.29 is 9.47 Å². The van der Waals surface area contributed by atoms with Crippen LogP contribution >= 0.6 is 0 Å². The summed E-state index contributed by atoms with van der Waals surface area (Å²) in [5.74, 6) is -0.604. The van der Waals surface area contributed by atoms with Gasteiger partial charge in [-0.15, -0.1) is 0 Å². The quantitative estimate of drug-likeness (QED) is 0.800. The molecule has 0 aromatic carbocycles. The highest BCUT2D eigenvalue weighted by atomic mass is 16.7. The molecule has 2 atom stereocenters. The zero-order chi connectivity index (χ0) is 15.8. The maximum absolute atomic E-state index is 9.49. The first-order chi connectivity index (χ1) is 9.79. The van der Waals surface area contributed by atoms with Crippen molar-refractivity contribution in [2.75, 3.05) is 7.11 Å². The lowest BCUT2D eigenvalue weighted by molar-refractivity contribution is -0.193. The molecule has 1 heterocycles. The van der Waals surface area contributed by atoms with E-state index >= 15 is 0 Å². The smallest absolute Gasteiger partial charge is 0.236 e. The largest absolute Gasteiger partial charge is 0.442 e. The van der Waals surface area contributed by atoms with Crippen LogP contribution in [0.3, 0.4) is 0 Å². The monoisotopic (exact) mass is 287 g/mol. The maximum Gasteiger partial charge on any atom is 0.236 e. The summed E-state index contributed by atoms with van der Waals surface area (Å²) in [5.41, 5.74) is 7.12. The first-order valence-electron chi connectivity index (χ1n) is 7.07. The molecule has 1 aliphatic carbocycles. The predicted octanol–water partition coefficient (Wildman–Crippen LogP) is 2.72. The third kappa shape index (κ3) is 2.39. The van der Waals surface area contributed by atoms with Gasteiger partial charge in [0.1, 0.15) is 17.7 Å². The van der Waals surface area contributed by atoms with E-state index in [2.05, 4.69) is 26.8 Å². The van der Waals surface area contributed by atoms with E-state index in [1.165, 1.54) is 0 Å². The number of ether oxygens (including phenoxy) is 2. The average Bonchev–Trinajstić information content (AvgIpc) is 2.43. The Morgan fingerprint density at radius 2 is 1.90 bits per heavy atom. The third-order valence-corrected chi connectivity index (χ3v) is 4.58. The van der Waals surface area contributed by atoms with Crippen LogP contribution < -0.4 is 5.73 Å². The lowest BCUT2D eigenvalue weighted by Gasteiger charge is -2.46. The molecule has 21 heavy (non-hydrogen) atoms. The van der Waals surface area contributed by atoms with E-state index in [-0.39, 0.29) is 16.9 Å². The second kappa shape index (κ2) is 5.09. The normalized spacial score (nSPS) is 29.3. The minimum atomic E-state index is -0.989. The second-order valence-electron chi connectivity index (χ2n) is 6.68. The van der Waals surface area contributed by atoms with Crippen molar-refractivity contribution in [1.29, 1.82) is 10.5 Å². The molecular formula is C16H21N3O2. The number of nitrogens with zero attached hydrogens (tertiary/aromatic N) is 2. The number of methoxy groups -OCH3 is 1. The van der Waals surface area contributed by atoms with Gasteiger partial charge in [0.25, 0.3) is 0 Å². The topological polar surface area (TPSA) is 92.1 Å². The highest BCUT2D eigenvalue weighted by Gasteiger charge is 2.49. The molecular weight excluding hydrogens is 266 g/mol. The Balaban J connectivity index is 2.57. The molecule has 112 valence electrons. The van der Waals surface area contributed by atoms with Gasteiger partial charge in [-0.05, 0) is 24.2 Å². The molecule has 0 radical (unpaired) electrons. The van der Waals surface area contributed by atoms with Crippen molar-refractivity contribution in [1.82, 2.24) is 0 Å². The van der Waals surface area contributed by atoms with Crippen LogP contribution in [-0.4, -0.2) is 12.9 Å². The number of hydrogen-bond acceptors (Lipinski definition) is 5. The van der Waals surface area contributed by atoms with Crippen LogP contribution in [-0.2, 0) is 9.47 Å². The molecule has 5 nitrogen and oxygen atoms in total. The summed E-state index contributed by atoms with van der Waals surface area (Å²) in [6, 6.07) is 4.10. The predicted molar refractivity (Wildman–Crippen MR) is 77.1 cm³/mol. The highest BCUT2D eigenvalue weighted by molar-refractivity contribution is 5.57. The van der Waals surface area contributed by atoms with Crippen LogP contribution in [0.25, 0.3) is 0 Å². The van der Waals surface area contributed by atoms with Crippen LogP contribution in [0.5, 0.6) is 0 Å². The van der Waals surface area contributed by atoms with E-state index in [0.717, 1.165) is 12.0 Å². The minimum absolute atomic E-state index is 0.0196. The molecule has 0 amide bonds. The summed E-state index contributed by atoms with van der Waals surface area (Å²) in [5, 5.41) is 18.7. The molecule has 0 bridgehead atoms. The summed E-state index contributed by atoms with van der Waals surface area (Å²) in [4.78, 5) is 0. The zero-order valence-electron chi connectivity index (χ0n) is 13.0. The number of rotatable bonds is 1. The van der Waals surface area contributed by atoms with Crippen LogP contribution in [0.2, 0.25) is 0 Å². The SMILES string of the molecule is COC12CCC(C(C)(C)C)CC1=C(C#N)C(C#N)=C(N)O2. The fourth-order valence-electron chi connectivity index (χ4n) is 3.17. The van der Waals surface area contributed by atoms with Gasteiger partial charge in [0, 0.05) is 19.1 Å². The van der Waals surface area contributed by atoms with E-state index in [0.29, 0.717) is 24.3 Å². The molecule has 2 unspecified atom stereocenters. The van der Waals surface area contributed by atoms with Crippen molar-refractivity contribution in [2.45, 2.75) is 45.8 Å². The van der Waals surface area contributed by atoms with Gasteiger partial charge >= 0.3 is 0 Å². The Hall–Kier alpha value is -1.98. The standard InChI is InChI=1S/C16H21N3O2/c1-15(2,3)10-5-6-16(20-4)13(7-10)11(8-17)12(9-18)14(19)21-16/h10H,5-7,19H2,1-4H3. The molecule has 0 spiro atoms. The van der Waals surface area contributed by atoms with Gasteiger partial charge < -0.3 is 15.2 Å². The van der Waals surface area contributed by atoms with Gasteiger partial charge in [-0.25, -0.2) is 0 Å². The number of nitrogens with two attached hydrogens (primary N) is 1. The number of allylic oxidation sites excluding steroid dienone is 2. The lowest BCUT2D eigenvalue weighted by Crippen LogP contribution is -2.46. The summed E-state index contributed by atoms with van der Waals surface area (Å²) in [7, 11) is 1.55. The fourth-order valence-corrected chi connectivity index (χ4v) is 3.17. The molecule has 5 heteroatoms. The fraction of sp³-hybridized carbons (Fsp3) is 0.625. The van der Waals surface area contributed by atoms with Crippen LogP contribution in [0.1, 0.15) is 40.0 Å². The first kappa shape index (κ1) is 15.4. The van der Waals surface area contributed by atoms with Gasteiger partial charge in [0.15, 0.2) is 0 Å². The molecule has 2 N–H and O–H groups in total. The lowest BCUT2D eigenvalue weighted by atomic mass is 9.67. The van der Waals surface area contributed by atoms with E-state index in [1.54, 1.807) is 7.11 Å². The molecule has 1 fully saturated rings. The van der Waals surface area contributed by atoms with Gasteiger partial charge in [-0.2, -0.15) is 10.5 Å². The van der Waals surface area contributed by atoms with E-state index in [4.69, 9.17) is 15.2 Å². The van der Waals surface area contributed by atoms with Gasteiger partial charge in [-0.3, -0.25) is 0 Å². The first-order valence-corrected chi connectivity index (χ1v) is 7.07. The molecule has 1 saturated carbocycles. The summed E-state index contributed by atoms with van der Waals surface area (Å²) in [6.45, 7) is 6.55. The number of fused-ring (bicyclic) bond motifs is 1. The van der Waals surface area contributed by atoms with Crippen LogP contribution in [0.4, 0.5) is 0 Å². The van der Waals surface area contributed by atoms with E-state index in [1.807, 2.05) is 6.07 Å². The average molecular weight is 287 g/mol. The maximum atomic E-state index is 9.49. The summed E-state index contributed by atoms with van der Waals surface area (Å²) < 4.78 is 11.3. The summed E-state index contributed by atoms with van der Waals surface area (Å²) in [6.07, 6.45) is 2.23. The van der Waals surface area contributed by atoms with Crippen molar-refractivity contribution >= 4 is 0 Å². The Morgan fingerprint density at radius 3 is 2.38 bits per heavy atom. The van der Waals surface area contributed by atoms with Gasteiger partial charge in [-0.1, -0.05) is 20.8 Å². The third-order valence-electron chi connectivity index (χ3n) is 4.58. The number of nitriles is 2. The second-order valence-corrected chi connectivity index (χ2v) is 6.68. The number of hydrogen-bond donors (Lipinski definition) is 1. The van der Waals surface area contributed by atoms with E-state index < -0.39 is 5.79 Å². The van der Waals surface area contributed by atoms with Gasteiger partial charge in [0.2, 0.25) is 11.7 Å².